The summed E-state index contributed by atoms with van der Waals surface area (Å²) < 4.78 is 10.6. The zero-order valence-corrected chi connectivity index (χ0v) is 24.1. The summed E-state index contributed by atoms with van der Waals surface area (Å²) in [7, 11) is 5.10. The van der Waals surface area contributed by atoms with Gasteiger partial charge < -0.3 is 24.3 Å². The fourth-order valence-electron chi connectivity index (χ4n) is 6.19. The van der Waals surface area contributed by atoms with Crippen molar-refractivity contribution >= 4 is 23.2 Å². The summed E-state index contributed by atoms with van der Waals surface area (Å²) >= 11 is 0. The Balaban J connectivity index is 1.35. The molecular weight excluding hydrogens is 522 g/mol. The molecule has 5 heterocycles. The highest BCUT2D eigenvalue weighted by Crippen LogP contribution is 2.40. The van der Waals surface area contributed by atoms with E-state index >= 15 is 0 Å². The number of anilines is 3. The quantitative estimate of drug-likeness (QED) is 0.358. The van der Waals surface area contributed by atoms with Crippen molar-refractivity contribution in [3.63, 3.8) is 0 Å². The summed E-state index contributed by atoms with van der Waals surface area (Å²) in [5, 5.41) is 18.1. The van der Waals surface area contributed by atoms with Gasteiger partial charge in [-0.2, -0.15) is 5.10 Å². The van der Waals surface area contributed by atoms with E-state index < -0.39 is 0 Å². The summed E-state index contributed by atoms with van der Waals surface area (Å²) in [6.45, 7) is 5.72. The maximum absolute atomic E-state index is 13.7. The second-order valence-electron chi connectivity index (χ2n) is 11.7. The van der Waals surface area contributed by atoms with Gasteiger partial charge in [0, 0.05) is 69.6 Å². The third-order valence-electron chi connectivity index (χ3n) is 8.10. The van der Waals surface area contributed by atoms with Crippen LogP contribution in [0.4, 0.5) is 17.3 Å². The van der Waals surface area contributed by atoms with Crippen molar-refractivity contribution in [2.45, 2.75) is 46.4 Å². The van der Waals surface area contributed by atoms with Crippen LogP contribution in [-0.2, 0) is 51.4 Å². The maximum Gasteiger partial charge on any atom is 0.276 e. The van der Waals surface area contributed by atoms with Gasteiger partial charge in [-0.1, -0.05) is 13.8 Å². The Labute approximate surface area is 238 Å². The van der Waals surface area contributed by atoms with Gasteiger partial charge in [0.25, 0.3) is 11.5 Å². The number of pyridine rings is 2. The molecule has 214 valence electrons. The van der Waals surface area contributed by atoms with Crippen LogP contribution in [0.2, 0.25) is 0 Å². The number of methoxy groups -OCH3 is 1. The lowest BCUT2D eigenvalue weighted by atomic mass is 9.90. The third-order valence-corrected chi connectivity index (χ3v) is 8.10. The van der Waals surface area contributed by atoms with Crippen LogP contribution >= 0.6 is 0 Å². The number of aryl methyl sites for hydroxylation is 2. The van der Waals surface area contributed by atoms with Crippen molar-refractivity contribution < 1.29 is 14.6 Å². The summed E-state index contributed by atoms with van der Waals surface area (Å²) in [4.78, 5) is 33.0. The van der Waals surface area contributed by atoms with Gasteiger partial charge in [0.1, 0.15) is 17.2 Å². The number of aliphatic hydroxyl groups excluding tert-OH is 1. The Morgan fingerprint density at radius 1 is 1.12 bits per heavy atom. The average Bonchev–Trinajstić information content (AvgIpc) is 3.55. The first-order chi connectivity index (χ1) is 19.6. The van der Waals surface area contributed by atoms with E-state index in [0.29, 0.717) is 59.4 Å². The Kier molecular flexibility index (Phi) is 6.58. The molecular formula is C30H35N7O4. The number of hydrogen-bond acceptors (Lipinski definition) is 7. The van der Waals surface area contributed by atoms with Gasteiger partial charge in [0.05, 0.1) is 18.9 Å². The highest BCUT2D eigenvalue weighted by atomic mass is 16.5. The van der Waals surface area contributed by atoms with Crippen LogP contribution in [0, 0.1) is 5.41 Å². The normalized spacial score (nSPS) is 15.8. The molecule has 4 aromatic rings. The van der Waals surface area contributed by atoms with Crippen molar-refractivity contribution in [3.8, 4) is 11.1 Å². The maximum atomic E-state index is 13.7. The number of hydrogen-bond donors (Lipinski definition) is 2. The molecule has 0 saturated carbocycles. The fraction of sp³-hybridized carbons (Fsp3) is 0.400. The van der Waals surface area contributed by atoms with Crippen LogP contribution in [0.5, 0.6) is 0 Å². The molecule has 2 N–H and O–H groups in total. The molecule has 1 aliphatic carbocycles. The highest BCUT2D eigenvalue weighted by Gasteiger charge is 2.37. The van der Waals surface area contributed by atoms with E-state index in [1.807, 2.05) is 19.2 Å². The zero-order chi connectivity index (χ0) is 29.1. The molecule has 0 saturated heterocycles. The number of aliphatic hydroxyl groups is 1. The average molecular weight is 558 g/mol. The van der Waals surface area contributed by atoms with Crippen molar-refractivity contribution in [1.29, 1.82) is 0 Å². The van der Waals surface area contributed by atoms with E-state index in [-0.39, 0.29) is 23.5 Å². The van der Waals surface area contributed by atoms with E-state index in [4.69, 9.17) is 4.74 Å². The largest absolute Gasteiger partial charge is 0.392 e. The molecule has 4 aromatic heterocycles. The van der Waals surface area contributed by atoms with Gasteiger partial charge >= 0.3 is 0 Å². The van der Waals surface area contributed by atoms with Crippen LogP contribution < -0.4 is 15.8 Å². The number of fused-ring (bicyclic) bond motifs is 3. The summed E-state index contributed by atoms with van der Waals surface area (Å²) in [6, 6.07) is 7.39. The molecule has 0 atom stereocenters. The lowest BCUT2D eigenvalue weighted by Gasteiger charge is -2.31. The first-order valence-electron chi connectivity index (χ1n) is 13.7. The number of amides is 1. The Morgan fingerprint density at radius 3 is 2.68 bits per heavy atom. The van der Waals surface area contributed by atoms with E-state index in [0.717, 1.165) is 18.5 Å². The van der Waals surface area contributed by atoms with Gasteiger partial charge in [-0.15, -0.1) is 0 Å². The van der Waals surface area contributed by atoms with Gasteiger partial charge in [-0.25, -0.2) is 4.98 Å². The lowest BCUT2D eigenvalue weighted by molar-refractivity contribution is 0.0962. The summed E-state index contributed by atoms with van der Waals surface area (Å²) in [5.41, 5.74) is 6.26. The third kappa shape index (κ3) is 4.64. The SMILES string of the molecule is COCc1cc(Nc2cc(-c3ccnc(N4CCn5c(cc6c5CC(C)(C)C6)C4=O)c3CO)cn(C)c2=O)nn1C. The van der Waals surface area contributed by atoms with Gasteiger partial charge in [0.15, 0.2) is 5.82 Å². The van der Waals surface area contributed by atoms with Gasteiger partial charge in [-0.3, -0.25) is 19.2 Å². The molecule has 0 radical (unpaired) electrons. The predicted octanol–water partition coefficient (Wildman–Crippen LogP) is 3.15. The number of nitrogens with zero attached hydrogens (tertiary/aromatic N) is 6. The van der Waals surface area contributed by atoms with Crippen LogP contribution in [0.3, 0.4) is 0 Å². The Morgan fingerprint density at radius 2 is 1.93 bits per heavy atom. The molecule has 1 amide bonds. The monoisotopic (exact) mass is 557 g/mol. The molecule has 11 heteroatoms. The summed E-state index contributed by atoms with van der Waals surface area (Å²) in [5.74, 6) is 0.830. The van der Waals surface area contributed by atoms with Crippen LogP contribution in [0.15, 0.2) is 41.5 Å². The second kappa shape index (κ2) is 10.0. The van der Waals surface area contributed by atoms with Crippen LogP contribution in [0.1, 0.15) is 46.9 Å². The van der Waals surface area contributed by atoms with Crippen molar-refractivity contribution in [2.24, 2.45) is 19.5 Å². The molecule has 0 spiro atoms. The standard InChI is InChI=1S/C30H35N7O4/c1-30(2)13-18-11-24-29(40)37(9-8-36(24)25(18)14-30)27-22(16-38)21(6-7-31-27)19-10-23(28(39)34(3)15-19)32-26-12-20(17-41-5)35(4)33-26/h6-7,10-12,15,38H,8-9,13-14,16-17H2,1-5H3,(H,32,33). The van der Waals surface area contributed by atoms with E-state index in [9.17, 15) is 14.7 Å². The molecule has 0 aromatic carbocycles. The predicted molar refractivity (Wildman–Crippen MR) is 155 cm³/mol. The van der Waals surface area contributed by atoms with Crippen LogP contribution in [-0.4, -0.2) is 48.6 Å². The number of ether oxygens (including phenoxy) is 1. The fourth-order valence-corrected chi connectivity index (χ4v) is 6.19. The van der Waals surface area contributed by atoms with E-state index in [1.165, 1.54) is 15.8 Å². The Hall–Kier alpha value is -4.22. The number of aromatic nitrogens is 5. The smallest absolute Gasteiger partial charge is 0.276 e. The van der Waals surface area contributed by atoms with E-state index in [1.54, 1.807) is 48.3 Å². The number of carbonyl (C=O) groups is 1. The van der Waals surface area contributed by atoms with Gasteiger partial charge in [0.2, 0.25) is 0 Å². The minimum atomic E-state index is -0.319. The first-order valence-corrected chi connectivity index (χ1v) is 13.7. The number of carbonyl (C=O) groups excluding carboxylic acids is 1. The highest BCUT2D eigenvalue weighted by molar-refractivity contribution is 6.06. The minimum Gasteiger partial charge on any atom is -0.392 e. The number of rotatable bonds is 7. The molecule has 2 aliphatic rings. The number of nitrogens with one attached hydrogen (secondary N) is 1. The van der Waals surface area contributed by atoms with Crippen molar-refractivity contribution in [2.75, 3.05) is 23.9 Å². The molecule has 1 aliphatic heterocycles. The minimum absolute atomic E-state index is 0.118. The second-order valence-corrected chi connectivity index (χ2v) is 11.7. The molecule has 0 unspecified atom stereocenters. The molecule has 0 fully saturated rings. The van der Waals surface area contributed by atoms with Crippen LogP contribution in [0.25, 0.3) is 11.1 Å². The summed E-state index contributed by atoms with van der Waals surface area (Å²) in [6.07, 6.45) is 5.28. The van der Waals surface area contributed by atoms with E-state index in [2.05, 4.69) is 33.8 Å². The molecule has 11 nitrogen and oxygen atoms in total. The first kappa shape index (κ1) is 27.0. The topological polar surface area (TPSA) is 119 Å². The van der Waals surface area contributed by atoms with Crippen molar-refractivity contribution in [1.82, 2.24) is 23.9 Å². The molecule has 6 rings (SSSR count). The van der Waals surface area contributed by atoms with Gasteiger partial charge in [-0.05, 0) is 47.6 Å². The van der Waals surface area contributed by atoms with Crippen molar-refractivity contribution in [3.05, 3.63) is 75.2 Å². The zero-order valence-electron chi connectivity index (χ0n) is 24.1. The Bertz CT molecular complexity index is 1730. The molecule has 0 bridgehead atoms. The lowest BCUT2D eigenvalue weighted by Crippen LogP contribution is -2.41. The molecule has 41 heavy (non-hydrogen) atoms.